The number of aromatic nitrogens is 1. The molecule has 0 aliphatic heterocycles. The topological polar surface area (TPSA) is 118 Å². The molecule has 8 nitrogen and oxygen atoms in total. The van der Waals surface area contributed by atoms with Gasteiger partial charge in [0.05, 0.1) is 28.3 Å². The van der Waals surface area contributed by atoms with E-state index in [1.807, 2.05) is 6.07 Å². The summed E-state index contributed by atoms with van der Waals surface area (Å²) in [6, 6.07) is 14.9. The molecule has 0 aliphatic carbocycles. The van der Waals surface area contributed by atoms with Gasteiger partial charge >= 0.3 is 0 Å². The maximum absolute atomic E-state index is 12.6. The lowest BCUT2D eigenvalue weighted by atomic mass is 10.1. The van der Waals surface area contributed by atoms with Crippen molar-refractivity contribution in [2.45, 2.75) is 6.54 Å². The lowest BCUT2D eigenvalue weighted by Gasteiger charge is -2.10. The first kappa shape index (κ1) is 19.8. The van der Waals surface area contributed by atoms with Crippen LogP contribution in [0, 0.1) is 21.4 Å². The SMILES string of the molecule is N#Cc1ccc(Cl)cc1NC(=O)c1ccc(=O)n(Cc2cccc([N+](=O)[O-])c2)c1. The van der Waals surface area contributed by atoms with E-state index >= 15 is 0 Å². The van der Waals surface area contributed by atoms with Crippen molar-refractivity contribution in [1.29, 1.82) is 5.26 Å². The number of carbonyl (C=O) groups is 1. The second-order valence-corrected chi connectivity index (χ2v) is 6.50. The first-order valence-corrected chi connectivity index (χ1v) is 8.70. The second-order valence-electron chi connectivity index (χ2n) is 6.07. The molecule has 0 saturated heterocycles. The minimum absolute atomic E-state index is 0.0578. The van der Waals surface area contributed by atoms with Gasteiger partial charge in [0.1, 0.15) is 6.07 Å². The lowest BCUT2D eigenvalue weighted by Crippen LogP contribution is -2.22. The predicted molar refractivity (Wildman–Crippen MR) is 107 cm³/mol. The normalized spacial score (nSPS) is 10.2. The molecule has 0 bridgehead atoms. The number of nitro benzene ring substituents is 1. The number of anilines is 1. The Hall–Kier alpha value is -3.96. The highest BCUT2D eigenvalue weighted by Gasteiger charge is 2.12. The van der Waals surface area contributed by atoms with Crippen LogP contribution in [0.3, 0.4) is 0 Å². The molecule has 0 unspecified atom stereocenters. The number of non-ortho nitro benzene ring substituents is 1. The molecule has 3 aromatic rings. The van der Waals surface area contributed by atoms with E-state index in [-0.39, 0.29) is 34.6 Å². The molecular formula is C20H13ClN4O4. The number of hydrogen-bond acceptors (Lipinski definition) is 5. The number of benzene rings is 2. The third-order valence-electron chi connectivity index (χ3n) is 4.07. The highest BCUT2D eigenvalue weighted by Crippen LogP contribution is 2.21. The van der Waals surface area contributed by atoms with Crippen LogP contribution >= 0.6 is 11.6 Å². The van der Waals surface area contributed by atoms with Gasteiger partial charge in [0, 0.05) is 29.4 Å². The largest absolute Gasteiger partial charge is 0.321 e. The Morgan fingerprint density at radius 3 is 2.72 bits per heavy atom. The van der Waals surface area contributed by atoms with Gasteiger partial charge in [-0.05, 0) is 29.8 Å². The van der Waals surface area contributed by atoms with Crippen molar-refractivity contribution in [1.82, 2.24) is 4.57 Å². The number of nitrogens with zero attached hydrogens (tertiary/aromatic N) is 3. The Kier molecular flexibility index (Phi) is 5.71. The molecule has 2 aromatic carbocycles. The third kappa shape index (κ3) is 4.66. The van der Waals surface area contributed by atoms with Crippen molar-refractivity contribution in [2.24, 2.45) is 0 Å². The van der Waals surface area contributed by atoms with E-state index in [0.29, 0.717) is 10.6 Å². The molecule has 29 heavy (non-hydrogen) atoms. The molecule has 1 aromatic heterocycles. The number of nitro groups is 1. The molecule has 144 valence electrons. The van der Waals surface area contributed by atoms with E-state index in [1.54, 1.807) is 6.07 Å². The highest BCUT2D eigenvalue weighted by atomic mass is 35.5. The fraction of sp³-hybridized carbons (Fsp3) is 0.0500. The van der Waals surface area contributed by atoms with Crippen molar-refractivity contribution >= 4 is 28.9 Å². The summed E-state index contributed by atoms with van der Waals surface area (Å²) in [6.45, 7) is 0.0578. The predicted octanol–water partition coefficient (Wildman–Crippen LogP) is 3.58. The van der Waals surface area contributed by atoms with Crippen LogP contribution in [0.4, 0.5) is 11.4 Å². The third-order valence-corrected chi connectivity index (χ3v) is 4.31. The Morgan fingerprint density at radius 1 is 1.21 bits per heavy atom. The van der Waals surface area contributed by atoms with Gasteiger partial charge < -0.3 is 9.88 Å². The van der Waals surface area contributed by atoms with Gasteiger partial charge in [0.15, 0.2) is 0 Å². The molecule has 0 radical (unpaired) electrons. The molecule has 1 N–H and O–H groups in total. The first-order chi connectivity index (χ1) is 13.9. The van der Waals surface area contributed by atoms with Crippen LogP contribution in [0.1, 0.15) is 21.5 Å². The number of halogens is 1. The average Bonchev–Trinajstić information content (AvgIpc) is 2.70. The summed E-state index contributed by atoms with van der Waals surface area (Å²) in [4.78, 5) is 35.1. The van der Waals surface area contributed by atoms with Crippen LogP contribution in [-0.2, 0) is 6.54 Å². The van der Waals surface area contributed by atoms with E-state index in [9.17, 15) is 19.7 Å². The average molecular weight is 409 g/mol. The summed E-state index contributed by atoms with van der Waals surface area (Å²) in [5.41, 5.74) is 0.761. The van der Waals surface area contributed by atoms with Crippen LogP contribution in [0.15, 0.2) is 65.6 Å². The molecule has 3 rings (SSSR count). The number of pyridine rings is 1. The Morgan fingerprint density at radius 2 is 2.00 bits per heavy atom. The van der Waals surface area contributed by atoms with Crippen molar-refractivity contribution < 1.29 is 9.72 Å². The summed E-state index contributed by atoms with van der Waals surface area (Å²) in [5, 5.41) is 23.0. The Balaban J connectivity index is 1.87. The number of amides is 1. The zero-order valence-corrected chi connectivity index (χ0v) is 15.6. The quantitative estimate of drug-likeness (QED) is 0.511. The van der Waals surface area contributed by atoms with Crippen LogP contribution in [-0.4, -0.2) is 15.4 Å². The molecule has 0 fully saturated rings. The number of nitrogens with one attached hydrogen (secondary N) is 1. The summed E-state index contributed by atoms with van der Waals surface area (Å²) in [7, 11) is 0. The fourth-order valence-corrected chi connectivity index (χ4v) is 2.84. The lowest BCUT2D eigenvalue weighted by molar-refractivity contribution is -0.384. The first-order valence-electron chi connectivity index (χ1n) is 8.32. The number of rotatable bonds is 5. The van der Waals surface area contributed by atoms with Gasteiger partial charge in [0.25, 0.3) is 17.2 Å². The number of carbonyl (C=O) groups excluding carboxylic acids is 1. The molecule has 1 heterocycles. The number of hydrogen-bond donors (Lipinski definition) is 1. The molecule has 9 heteroatoms. The molecular weight excluding hydrogens is 396 g/mol. The van der Waals surface area contributed by atoms with Crippen LogP contribution in [0.5, 0.6) is 0 Å². The van der Waals surface area contributed by atoms with E-state index in [1.165, 1.54) is 59.3 Å². The van der Waals surface area contributed by atoms with Crippen LogP contribution in [0.25, 0.3) is 0 Å². The van der Waals surface area contributed by atoms with Crippen LogP contribution < -0.4 is 10.9 Å². The van der Waals surface area contributed by atoms with Crippen molar-refractivity contribution in [3.05, 3.63) is 103 Å². The smallest absolute Gasteiger partial charge is 0.269 e. The molecule has 1 amide bonds. The molecule has 0 saturated carbocycles. The van der Waals surface area contributed by atoms with E-state index in [2.05, 4.69) is 5.32 Å². The maximum atomic E-state index is 12.6. The van der Waals surface area contributed by atoms with E-state index in [0.717, 1.165) is 0 Å². The number of nitriles is 1. The van der Waals surface area contributed by atoms with Gasteiger partial charge in [-0.25, -0.2) is 0 Å². The van der Waals surface area contributed by atoms with Gasteiger partial charge in [-0.15, -0.1) is 0 Å². The maximum Gasteiger partial charge on any atom is 0.269 e. The summed E-state index contributed by atoms with van der Waals surface area (Å²) < 4.78 is 1.27. The molecule has 0 atom stereocenters. The van der Waals surface area contributed by atoms with Crippen LogP contribution in [0.2, 0.25) is 5.02 Å². The summed E-state index contributed by atoms with van der Waals surface area (Å²) in [5.74, 6) is -0.531. The highest BCUT2D eigenvalue weighted by molar-refractivity contribution is 6.31. The second kappa shape index (κ2) is 8.37. The molecule has 0 aliphatic rings. The minimum atomic E-state index is -0.531. The standard InChI is InChI=1S/C20H13ClN4O4/c21-16-6-4-14(10-22)18(9-16)23-20(27)15-5-7-19(26)24(12-15)11-13-2-1-3-17(8-13)25(28)29/h1-9,12H,11H2,(H,23,27). The monoisotopic (exact) mass is 408 g/mol. The van der Waals surface area contributed by atoms with Gasteiger partial charge in [-0.1, -0.05) is 23.7 Å². The summed E-state index contributed by atoms with van der Waals surface area (Å²) in [6.07, 6.45) is 1.35. The van der Waals surface area contributed by atoms with Crippen molar-refractivity contribution in [2.75, 3.05) is 5.32 Å². The van der Waals surface area contributed by atoms with Crippen molar-refractivity contribution in [3.63, 3.8) is 0 Å². The fourth-order valence-electron chi connectivity index (χ4n) is 2.67. The Labute approximate surface area is 169 Å². The summed E-state index contributed by atoms with van der Waals surface area (Å²) >= 11 is 5.92. The van der Waals surface area contributed by atoms with Gasteiger partial charge in [-0.3, -0.25) is 19.7 Å². The minimum Gasteiger partial charge on any atom is -0.321 e. The van der Waals surface area contributed by atoms with Gasteiger partial charge in [0.2, 0.25) is 0 Å². The van der Waals surface area contributed by atoms with Crippen molar-refractivity contribution in [3.8, 4) is 6.07 Å². The zero-order valence-electron chi connectivity index (χ0n) is 14.8. The Bertz CT molecular complexity index is 1210. The van der Waals surface area contributed by atoms with E-state index < -0.39 is 10.8 Å². The van der Waals surface area contributed by atoms with E-state index in [4.69, 9.17) is 16.9 Å². The molecule has 0 spiro atoms. The van der Waals surface area contributed by atoms with Gasteiger partial charge in [-0.2, -0.15) is 5.26 Å². The zero-order chi connectivity index (χ0) is 21.0.